The zero-order valence-electron chi connectivity index (χ0n) is 27.5. The summed E-state index contributed by atoms with van der Waals surface area (Å²) in [7, 11) is 0. The van der Waals surface area contributed by atoms with Crippen LogP contribution in [0.2, 0.25) is 0 Å². The van der Waals surface area contributed by atoms with Crippen LogP contribution in [-0.2, 0) is 14.3 Å². The molecule has 2 saturated heterocycles. The van der Waals surface area contributed by atoms with Gasteiger partial charge in [-0.2, -0.15) is 5.10 Å². The molecule has 14 heteroatoms. The summed E-state index contributed by atoms with van der Waals surface area (Å²) < 4.78 is 19.7. The summed E-state index contributed by atoms with van der Waals surface area (Å²) >= 11 is 1.28. The number of ether oxygens (including phenoxy) is 3. The number of nitrogens with two attached hydrogens (primary N) is 2. The number of carbonyl (C=O) groups excluding carboxylic acids is 2. The lowest BCUT2D eigenvalue weighted by Crippen LogP contribution is -2.60. The lowest BCUT2D eigenvalue weighted by atomic mass is 9.85. The molecule has 3 aliphatic heterocycles. The SMILES string of the molecule is CC1=C(c2cc(N3CCC[C@@H](N(C4CCC(Oc5nc(C)sc5C(N)=O)CC4)C4CCOC4(C)C)C3)c3c(N)ncnn23)COC1=O. The maximum atomic E-state index is 12.3. The fraction of sp³-hybridized carbons (Fsp3) is 0.606. The van der Waals surface area contributed by atoms with E-state index in [-0.39, 0.29) is 30.3 Å². The van der Waals surface area contributed by atoms with Crippen molar-refractivity contribution in [3.05, 3.63) is 33.5 Å². The Hall–Kier alpha value is -3.75. The number of anilines is 2. The van der Waals surface area contributed by atoms with Gasteiger partial charge in [-0.3, -0.25) is 9.69 Å². The number of rotatable bonds is 8. The summed E-state index contributed by atoms with van der Waals surface area (Å²) in [5.41, 5.74) is 15.8. The monoisotopic (exact) mass is 664 g/mol. The van der Waals surface area contributed by atoms with E-state index in [1.165, 1.54) is 17.7 Å². The minimum absolute atomic E-state index is 0.0123. The standard InChI is InChI=1S/C33H44N8O5S/c1-18-23(16-44-32(18)43)24-14-25(27-29(34)36-17-37-41(24)27)39-12-5-6-21(15-39)40(26-11-13-45-33(26,3)4)20-7-9-22(10-8-20)46-31-28(30(35)42)47-19(2)38-31/h14,17,20-22,26H,5-13,15-16H2,1-4H3,(H2,35,42)(H2,34,36,37)/t20?,21-,22?,26?/m1/s1. The number of primary amides is 1. The molecule has 3 aromatic heterocycles. The Kier molecular flexibility index (Phi) is 8.37. The Morgan fingerprint density at radius 3 is 2.62 bits per heavy atom. The van der Waals surface area contributed by atoms with E-state index in [9.17, 15) is 9.59 Å². The number of nitrogens with zero attached hydrogens (tertiary/aromatic N) is 6. The van der Waals surface area contributed by atoms with Crippen LogP contribution in [-0.4, -0.2) is 92.5 Å². The zero-order valence-corrected chi connectivity index (χ0v) is 28.3. The van der Waals surface area contributed by atoms with Crippen molar-refractivity contribution in [1.29, 1.82) is 0 Å². The Labute approximate surface area is 278 Å². The van der Waals surface area contributed by atoms with Crippen molar-refractivity contribution < 1.29 is 23.8 Å². The first-order valence-corrected chi connectivity index (χ1v) is 17.4. The number of hydrogen-bond acceptors (Lipinski definition) is 12. The first-order chi connectivity index (χ1) is 22.5. The number of cyclic esters (lactones) is 1. The molecular formula is C33H44N8O5S. The molecule has 1 aliphatic carbocycles. The number of esters is 1. The number of aromatic nitrogens is 4. The third-order valence-corrected chi connectivity index (χ3v) is 11.4. The van der Waals surface area contributed by atoms with Gasteiger partial charge in [0, 0.05) is 49.0 Å². The Morgan fingerprint density at radius 1 is 1.15 bits per heavy atom. The van der Waals surface area contributed by atoms with Gasteiger partial charge in [0.05, 0.1) is 22.0 Å². The van der Waals surface area contributed by atoms with Crippen molar-refractivity contribution in [1.82, 2.24) is 24.5 Å². The van der Waals surface area contributed by atoms with Gasteiger partial charge in [0.2, 0.25) is 5.88 Å². The average Bonchev–Trinajstić information content (AvgIpc) is 3.80. The van der Waals surface area contributed by atoms with Crippen LogP contribution in [0.25, 0.3) is 11.1 Å². The first-order valence-electron chi connectivity index (χ1n) is 16.6. The van der Waals surface area contributed by atoms with Crippen LogP contribution in [0.15, 0.2) is 18.0 Å². The third kappa shape index (κ3) is 5.84. The molecule has 1 amide bonds. The molecular weight excluding hydrogens is 620 g/mol. The minimum atomic E-state index is -0.496. The number of piperidine rings is 1. The zero-order chi connectivity index (χ0) is 33.0. The fourth-order valence-corrected chi connectivity index (χ4v) is 8.83. The highest BCUT2D eigenvalue weighted by Gasteiger charge is 2.46. The van der Waals surface area contributed by atoms with E-state index in [1.807, 2.05) is 11.4 Å². The normalized spacial score (nSPS) is 26.4. The summed E-state index contributed by atoms with van der Waals surface area (Å²) in [5.74, 6) is -0.0227. The number of nitrogen functional groups attached to an aromatic ring is 1. The summed E-state index contributed by atoms with van der Waals surface area (Å²) in [6.45, 7) is 10.8. The van der Waals surface area contributed by atoms with Crippen LogP contribution in [0.1, 0.15) is 86.1 Å². The lowest BCUT2D eigenvalue weighted by molar-refractivity contribution is -0.135. The maximum Gasteiger partial charge on any atom is 0.334 e. The molecule has 7 rings (SSSR count). The number of carbonyl (C=O) groups is 2. The van der Waals surface area contributed by atoms with Crippen molar-refractivity contribution in [2.75, 3.05) is 36.9 Å². The molecule has 4 aliphatic rings. The van der Waals surface area contributed by atoms with E-state index in [0.29, 0.717) is 34.2 Å². The van der Waals surface area contributed by atoms with Crippen LogP contribution >= 0.6 is 11.3 Å². The molecule has 0 aromatic carbocycles. The second-order valence-corrected chi connectivity index (χ2v) is 14.9. The summed E-state index contributed by atoms with van der Waals surface area (Å²) in [4.78, 5) is 38.6. The topological polar surface area (TPSA) is 163 Å². The lowest BCUT2D eigenvalue weighted by Gasteiger charge is -2.50. The van der Waals surface area contributed by atoms with Gasteiger partial charge in [0.1, 0.15) is 24.6 Å². The van der Waals surface area contributed by atoms with Crippen LogP contribution < -0.4 is 21.1 Å². The summed E-state index contributed by atoms with van der Waals surface area (Å²) in [5, 5.41) is 5.32. The van der Waals surface area contributed by atoms with Crippen LogP contribution in [0.3, 0.4) is 0 Å². The molecule has 3 aromatic rings. The van der Waals surface area contributed by atoms with E-state index < -0.39 is 5.91 Å². The van der Waals surface area contributed by atoms with Crippen LogP contribution in [0, 0.1) is 6.92 Å². The van der Waals surface area contributed by atoms with E-state index in [0.717, 1.165) is 92.1 Å². The second-order valence-electron chi connectivity index (χ2n) is 13.7. The Balaban J connectivity index is 1.15. The van der Waals surface area contributed by atoms with Crippen molar-refractivity contribution >= 4 is 45.8 Å². The van der Waals surface area contributed by atoms with Crippen molar-refractivity contribution in [3.63, 3.8) is 0 Å². The van der Waals surface area contributed by atoms with Gasteiger partial charge >= 0.3 is 5.97 Å². The predicted molar refractivity (Wildman–Crippen MR) is 179 cm³/mol. The number of aryl methyl sites for hydroxylation is 1. The van der Waals surface area contributed by atoms with E-state index in [1.54, 1.807) is 6.92 Å². The molecule has 0 spiro atoms. The Morgan fingerprint density at radius 2 is 1.94 bits per heavy atom. The van der Waals surface area contributed by atoms with E-state index in [2.05, 4.69) is 44.8 Å². The maximum absolute atomic E-state index is 12.3. The fourth-order valence-electron chi connectivity index (χ4n) is 8.12. The number of fused-ring (bicyclic) bond motifs is 1. The molecule has 252 valence electrons. The van der Waals surface area contributed by atoms with Crippen molar-refractivity contribution in [3.8, 4) is 5.88 Å². The van der Waals surface area contributed by atoms with E-state index >= 15 is 0 Å². The molecule has 47 heavy (non-hydrogen) atoms. The highest BCUT2D eigenvalue weighted by atomic mass is 32.1. The molecule has 0 radical (unpaired) electrons. The van der Waals surface area contributed by atoms with Crippen LogP contribution in [0.4, 0.5) is 11.5 Å². The number of thiazole rings is 1. The summed E-state index contributed by atoms with van der Waals surface area (Å²) in [6, 6.07) is 3.03. The van der Waals surface area contributed by atoms with Gasteiger partial charge in [-0.25, -0.2) is 19.3 Å². The average molecular weight is 665 g/mol. The quantitative estimate of drug-likeness (QED) is 0.337. The first kappa shape index (κ1) is 31.8. The van der Waals surface area contributed by atoms with Crippen molar-refractivity contribution in [2.24, 2.45) is 5.73 Å². The molecule has 1 unspecified atom stereocenters. The third-order valence-electron chi connectivity index (χ3n) is 10.4. The summed E-state index contributed by atoms with van der Waals surface area (Å²) in [6.07, 6.45) is 8.23. The van der Waals surface area contributed by atoms with Gasteiger partial charge < -0.3 is 30.6 Å². The van der Waals surface area contributed by atoms with Crippen LogP contribution in [0.5, 0.6) is 5.88 Å². The van der Waals surface area contributed by atoms with Gasteiger partial charge in [-0.15, -0.1) is 11.3 Å². The smallest absolute Gasteiger partial charge is 0.334 e. The van der Waals surface area contributed by atoms with E-state index in [4.69, 9.17) is 25.7 Å². The molecule has 1 saturated carbocycles. The van der Waals surface area contributed by atoms with Gasteiger partial charge in [-0.1, -0.05) is 0 Å². The molecule has 4 N–H and O–H groups in total. The van der Waals surface area contributed by atoms with Gasteiger partial charge in [0.25, 0.3) is 5.91 Å². The molecule has 0 bridgehead atoms. The minimum Gasteiger partial charge on any atom is -0.473 e. The predicted octanol–water partition coefficient (Wildman–Crippen LogP) is 3.73. The molecule has 6 heterocycles. The molecule has 13 nitrogen and oxygen atoms in total. The van der Waals surface area contributed by atoms with Gasteiger partial charge in [0.15, 0.2) is 10.7 Å². The number of amides is 1. The highest BCUT2D eigenvalue weighted by molar-refractivity contribution is 7.13. The highest BCUT2D eigenvalue weighted by Crippen LogP contribution is 2.41. The Bertz CT molecular complexity index is 1720. The second kappa shape index (κ2) is 12.4. The van der Waals surface area contributed by atoms with Gasteiger partial charge in [-0.05, 0) is 78.7 Å². The molecule has 2 atom stereocenters. The largest absolute Gasteiger partial charge is 0.473 e. The van der Waals surface area contributed by atoms with Crippen molar-refractivity contribution in [2.45, 2.75) is 102 Å². The number of hydrogen-bond donors (Lipinski definition) is 2. The molecule has 3 fully saturated rings.